The molecule has 0 aliphatic heterocycles. The number of rotatable bonds is 5. The number of likely N-dealkylation sites (N-methyl/N-ethyl adjacent to an activating group) is 1. The van der Waals surface area contributed by atoms with Gasteiger partial charge in [0.1, 0.15) is 0 Å². The smallest absolute Gasteiger partial charge is 0.0695 e. The maximum absolute atomic E-state index is 9.69. The second-order valence-corrected chi connectivity index (χ2v) is 3.77. The first kappa shape index (κ1) is 11.0. The average molecular weight is 187 g/mol. The maximum Gasteiger partial charge on any atom is 0.0695 e. The largest absolute Gasteiger partial charge is 0.396 e. The lowest BCUT2D eigenvalue weighted by atomic mass is 10.1. The number of hydrogen-bond acceptors (Lipinski definition) is 3. The van der Waals surface area contributed by atoms with E-state index in [0.29, 0.717) is 6.04 Å². The van der Waals surface area contributed by atoms with Gasteiger partial charge in [0, 0.05) is 19.2 Å². The van der Waals surface area contributed by atoms with E-state index in [2.05, 4.69) is 11.8 Å². The summed E-state index contributed by atoms with van der Waals surface area (Å²) in [6.45, 7) is 4.25. The highest BCUT2D eigenvalue weighted by Gasteiger charge is 2.29. The molecular formula is C10H21NO2. The van der Waals surface area contributed by atoms with Crippen molar-refractivity contribution in [1.29, 1.82) is 0 Å². The molecule has 0 saturated heterocycles. The summed E-state index contributed by atoms with van der Waals surface area (Å²) in [5, 5.41) is 18.4. The van der Waals surface area contributed by atoms with Gasteiger partial charge in [0.25, 0.3) is 0 Å². The highest BCUT2D eigenvalue weighted by Crippen LogP contribution is 2.23. The second kappa shape index (κ2) is 5.58. The molecule has 2 atom stereocenters. The molecule has 2 N–H and O–H groups in total. The molecule has 1 saturated carbocycles. The van der Waals surface area contributed by atoms with Gasteiger partial charge in [-0.25, -0.2) is 0 Å². The van der Waals surface area contributed by atoms with Crippen molar-refractivity contribution >= 4 is 0 Å². The van der Waals surface area contributed by atoms with Crippen LogP contribution >= 0.6 is 0 Å². The molecule has 3 heteroatoms. The fourth-order valence-electron chi connectivity index (χ4n) is 2.18. The summed E-state index contributed by atoms with van der Waals surface area (Å²) in [6, 6.07) is 0.344. The summed E-state index contributed by atoms with van der Waals surface area (Å²) < 4.78 is 0. The molecule has 2 unspecified atom stereocenters. The Morgan fingerprint density at radius 2 is 2.15 bits per heavy atom. The van der Waals surface area contributed by atoms with Gasteiger partial charge < -0.3 is 10.2 Å². The van der Waals surface area contributed by atoms with Crippen molar-refractivity contribution in [2.24, 2.45) is 0 Å². The standard InChI is InChI=1S/C10H21NO2/c1-2-11(7-4-8-12)9-5-3-6-10(9)13/h9-10,12-13H,2-8H2,1H3. The molecule has 0 heterocycles. The predicted molar refractivity (Wildman–Crippen MR) is 52.6 cm³/mol. The van der Waals surface area contributed by atoms with E-state index in [1.807, 2.05) is 0 Å². The molecule has 0 bridgehead atoms. The summed E-state index contributed by atoms with van der Waals surface area (Å²) in [5.74, 6) is 0. The van der Waals surface area contributed by atoms with E-state index in [1.54, 1.807) is 0 Å². The summed E-state index contributed by atoms with van der Waals surface area (Å²) in [4.78, 5) is 2.29. The Labute approximate surface area is 80.4 Å². The van der Waals surface area contributed by atoms with Crippen LogP contribution in [0, 0.1) is 0 Å². The molecule has 1 rings (SSSR count). The van der Waals surface area contributed by atoms with Crippen LogP contribution in [0.3, 0.4) is 0 Å². The monoisotopic (exact) mass is 187 g/mol. The molecule has 1 fully saturated rings. The van der Waals surface area contributed by atoms with Crippen LogP contribution in [0.2, 0.25) is 0 Å². The Morgan fingerprint density at radius 3 is 2.62 bits per heavy atom. The van der Waals surface area contributed by atoms with Gasteiger partial charge in [-0.1, -0.05) is 6.92 Å². The van der Waals surface area contributed by atoms with Gasteiger partial charge >= 0.3 is 0 Å². The Kier molecular flexibility index (Phi) is 4.70. The van der Waals surface area contributed by atoms with Crippen LogP contribution in [0.15, 0.2) is 0 Å². The van der Waals surface area contributed by atoms with Gasteiger partial charge in [-0.15, -0.1) is 0 Å². The van der Waals surface area contributed by atoms with Crippen molar-refractivity contribution in [1.82, 2.24) is 4.90 Å². The third-order valence-electron chi connectivity index (χ3n) is 2.92. The van der Waals surface area contributed by atoms with Crippen LogP contribution in [-0.4, -0.2) is 47.0 Å². The third kappa shape index (κ3) is 2.93. The van der Waals surface area contributed by atoms with E-state index in [4.69, 9.17) is 5.11 Å². The Morgan fingerprint density at radius 1 is 1.38 bits per heavy atom. The van der Waals surface area contributed by atoms with Crippen LogP contribution in [0.4, 0.5) is 0 Å². The highest BCUT2D eigenvalue weighted by atomic mass is 16.3. The van der Waals surface area contributed by atoms with Crippen LogP contribution in [-0.2, 0) is 0 Å². The minimum absolute atomic E-state index is 0.140. The number of hydrogen-bond donors (Lipinski definition) is 2. The summed E-state index contributed by atoms with van der Waals surface area (Å²) in [6.07, 6.45) is 3.87. The lowest BCUT2D eigenvalue weighted by molar-refractivity contribution is 0.0697. The van der Waals surface area contributed by atoms with Crippen molar-refractivity contribution in [3.05, 3.63) is 0 Å². The van der Waals surface area contributed by atoms with E-state index in [-0.39, 0.29) is 12.7 Å². The van der Waals surface area contributed by atoms with Gasteiger partial charge in [-0.05, 0) is 32.2 Å². The molecule has 0 amide bonds. The van der Waals surface area contributed by atoms with E-state index in [9.17, 15) is 5.11 Å². The topological polar surface area (TPSA) is 43.7 Å². The highest BCUT2D eigenvalue weighted by molar-refractivity contribution is 4.84. The van der Waals surface area contributed by atoms with Crippen molar-refractivity contribution in [3.8, 4) is 0 Å². The van der Waals surface area contributed by atoms with Crippen molar-refractivity contribution in [3.63, 3.8) is 0 Å². The molecule has 13 heavy (non-hydrogen) atoms. The molecule has 1 aliphatic carbocycles. The average Bonchev–Trinajstić information content (AvgIpc) is 2.54. The summed E-state index contributed by atoms with van der Waals surface area (Å²) >= 11 is 0. The second-order valence-electron chi connectivity index (χ2n) is 3.77. The lowest BCUT2D eigenvalue weighted by Gasteiger charge is -2.29. The first-order valence-electron chi connectivity index (χ1n) is 5.32. The molecule has 0 aromatic rings. The van der Waals surface area contributed by atoms with Gasteiger partial charge in [-0.3, -0.25) is 4.90 Å². The third-order valence-corrected chi connectivity index (χ3v) is 2.92. The SMILES string of the molecule is CCN(CCCO)C1CCCC1O. The van der Waals surface area contributed by atoms with Gasteiger partial charge in [0.15, 0.2) is 0 Å². The van der Waals surface area contributed by atoms with Crippen LogP contribution in [0.1, 0.15) is 32.6 Å². The number of aliphatic hydroxyl groups is 2. The lowest BCUT2D eigenvalue weighted by Crippen LogP contribution is -2.41. The minimum Gasteiger partial charge on any atom is -0.396 e. The Bertz CT molecular complexity index is 141. The normalized spacial score (nSPS) is 28.6. The zero-order valence-electron chi connectivity index (χ0n) is 8.45. The van der Waals surface area contributed by atoms with Gasteiger partial charge in [0.05, 0.1) is 6.10 Å². The van der Waals surface area contributed by atoms with Gasteiger partial charge in [-0.2, -0.15) is 0 Å². The zero-order chi connectivity index (χ0) is 9.68. The molecule has 1 aliphatic rings. The molecule has 0 aromatic heterocycles. The van der Waals surface area contributed by atoms with Crippen molar-refractivity contribution < 1.29 is 10.2 Å². The van der Waals surface area contributed by atoms with Crippen LogP contribution < -0.4 is 0 Å². The molecule has 78 valence electrons. The summed E-state index contributed by atoms with van der Waals surface area (Å²) in [7, 11) is 0. The first-order chi connectivity index (χ1) is 6.29. The molecule has 3 nitrogen and oxygen atoms in total. The van der Waals surface area contributed by atoms with Crippen LogP contribution in [0.25, 0.3) is 0 Å². The van der Waals surface area contributed by atoms with Crippen molar-refractivity contribution in [2.75, 3.05) is 19.7 Å². The minimum atomic E-state index is -0.140. The quantitative estimate of drug-likeness (QED) is 0.662. The molecule has 0 radical (unpaired) electrons. The Balaban J connectivity index is 2.35. The first-order valence-corrected chi connectivity index (χ1v) is 5.32. The maximum atomic E-state index is 9.69. The van der Waals surface area contributed by atoms with E-state index in [1.165, 1.54) is 0 Å². The summed E-state index contributed by atoms with van der Waals surface area (Å²) in [5.41, 5.74) is 0. The van der Waals surface area contributed by atoms with Crippen molar-refractivity contribution in [2.45, 2.75) is 44.8 Å². The number of aliphatic hydroxyl groups excluding tert-OH is 2. The van der Waals surface area contributed by atoms with E-state index < -0.39 is 0 Å². The Hall–Kier alpha value is -0.120. The molecular weight excluding hydrogens is 166 g/mol. The number of nitrogens with zero attached hydrogens (tertiary/aromatic N) is 1. The fraction of sp³-hybridized carbons (Fsp3) is 1.00. The fourth-order valence-corrected chi connectivity index (χ4v) is 2.18. The zero-order valence-corrected chi connectivity index (χ0v) is 8.45. The van der Waals surface area contributed by atoms with Gasteiger partial charge in [0.2, 0.25) is 0 Å². The van der Waals surface area contributed by atoms with E-state index in [0.717, 1.165) is 38.8 Å². The predicted octanol–water partition coefficient (Wildman–Crippen LogP) is 0.604. The van der Waals surface area contributed by atoms with E-state index >= 15 is 0 Å². The molecule has 0 spiro atoms. The van der Waals surface area contributed by atoms with Crippen LogP contribution in [0.5, 0.6) is 0 Å². The molecule has 0 aromatic carbocycles.